The normalized spacial score (nSPS) is 39.6. The summed E-state index contributed by atoms with van der Waals surface area (Å²) in [4.78, 5) is 0.843. The largest absolute Gasteiger partial charge is 0.0888 e. The Hall–Kier alpha value is 0.914. The number of fused-ring (bicyclic) bond motifs is 1. The highest BCUT2D eigenvalue weighted by Gasteiger charge is 2.56. The van der Waals surface area contributed by atoms with Gasteiger partial charge in [-0.3, -0.25) is 0 Å². The first-order chi connectivity index (χ1) is 11.8. The van der Waals surface area contributed by atoms with Crippen LogP contribution in [0.5, 0.6) is 0 Å². The predicted octanol–water partition coefficient (Wildman–Crippen LogP) is 8.19. The van der Waals surface area contributed by atoms with E-state index in [9.17, 15) is 0 Å². The number of alkyl halides is 1. The van der Waals surface area contributed by atoms with Gasteiger partial charge in [-0.25, -0.2) is 0 Å². The molecular formula is C22H43BrSi2. The number of unbranched alkanes of at least 4 members (excludes halogenated alkanes) is 1. The van der Waals surface area contributed by atoms with Crippen molar-refractivity contribution in [3.05, 3.63) is 0 Å². The summed E-state index contributed by atoms with van der Waals surface area (Å²) in [6, 6.07) is 0. The van der Waals surface area contributed by atoms with Crippen LogP contribution < -0.4 is 0 Å². The molecule has 0 aromatic rings. The maximum atomic E-state index is 4.06. The minimum absolute atomic E-state index is 0.843. The first-order valence-corrected chi connectivity index (χ1v) is 19.5. The zero-order chi connectivity index (χ0) is 18.2. The van der Waals surface area contributed by atoms with E-state index in [1.54, 1.807) is 32.1 Å². The Kier molecular flexibility index (Phi) is 6.70. The molecule has 3 aliphatic rings. The maximum Gasteiger partial charge on any atom is 0.0448 e. The summed E-state index contributed by atoms with van der Waals surface area (Å²) >= 11 is 4.06. The van der Waals surface area contributed by atoms with Gasteiger partial charge in [0.05, 0.1) is 0 Å². The van der Waals surface area contributed by atoms with Crippen molar-refractivity contribution >= 4 is 31.1 Å². The van der Waals surface area contributed by atoms with Crippen molar-refractivity contribution in [1.29, 1.82) is 0 Å². The molecule has 0 aliphatic heterocycles. The Morgan fingerprint density at radius 3 is 2.32 bits per heavy atom. The van der Waals surface area contributed by atoms with Crippen molar-refractivity contribution in [1.82, 2.24) is 0 Å². The second-order valence-corrected chi connectivity index (χ2v) is 28.3. The van der Waals surface area contributed by atoms with E-state index in [1.165, 1.54) is 38.5 Å². The van der Waals surface area contributed by atoms with Gasteiger partial charge < -0.3 is 0 Å². The molecule has 25 heavy (non-hydrogen) atoms. The lowest BCUT2D eigenvalue weighted by molar-refractivity contribution is 0.288. The van der Waals surface area contributed by atoms with Crippen LogP contribution in [-0.4, -0.2) is 20.0 Å². The van der Waals surface area contributed by atoms with Gasteiger partial charge in [0.25, 0.3) is 0 Å². The van der Waals surface area contributed by atoms with Crippen LogP contribution in [0.25, 0.3) is 0 Å². The van der Waals surface area contributed by atoms with Crippen molar-refractivity contribution in [3.8, 4) is 0 Å². The van der Waals surface area contributed by atoms with Gasteiger partial charge in [-0.1, -0.05) is 107 Å². The Morgan fingerprint density at radius 1 is 0.840 bits per heavy atom. The molecule has 0 heterocycles. The predicted molar refractivity (Wildman–Crippen MR) is 122 cm³/mol. The van der Waals surface area contributed by atoms with Crippen LogP contribution in [0.2, 0.25) is 37.3 Å². The summed E-state index contributed by atoms with van der Waals surface area (Å²) in [6.45, 7) is 13.7. The van der Waals surface area contributed by atoms with Crippen LogP contribution in [0.3, 0.4) is 0 Å². The minimum Gasteiger partial charge on any atom is -0.0888 e. The number of rotatable bonds is 6. The number of hydrogen-bond acceptors (Lipinski definition) is 0. The Balaban J connectivity index is 1.70. The first-order valence-electron chi connectivity index (χ1n) is 11.4. The van der Waals surface area contributed by atoms with E-state index in [-0.39, 0.29) is 0 Å². The summed E-state index contributed by atoms with van der Waals surface area (Å²) in [5, 5.41) is 0. The van der Waals surface area contributed by atoms with Gasteiger partial charge >= 0.3 is 0 Å². The third-order valence-corrected chi connectivity index (χ3v) is 31.4. The third-order valence-electron chi connectivity index (χ3n) is 9.48. The highest BCUT2D eigenvalue weighted by molar-refractivity contribution is 9.09. The van der Waals surface area contributed by atoms with Crippen molar-refractivity contribution < 1.29 is 0 Å². The Labute approximate surface area is 168 Å². The minimum atomic E-state index is -1.14. The zero-order valence-corrected chi connectivity index (χ0v) is 21.2. The summed E-state index contributed by atoms with van der Waals surface area (Å²) in [7, 11) is -2.26. The molecule has 146 valence electrons. The van der Waals surface area contributed by atoms with Gasteiger partial charge in [0.15, 0.2) is 0 Å². The van der Waals surface area contributed by atoms with Crippen LogP contribution in [0.15, 0.2) is 0 Å². The molecular weight excluding hydrogens is 400 g/mol. The number of halogens is 1. The molecule has 3 saturated carbocycles. The van der Waals surface area contributed by atoms with Gasteiger partial charge in [-0.15, -0.1) is 0 Å². The highest BCUT2D eigenvalue weighted by Crippen LogP contribution is 2.58. The second kappa shape index (κ2) is 8.11. The smallest absolute Gasteiger partial charge is 0.0448 e. The molecule has 3 rings (SSSR count). The van der Waals surface area contributed by atoms with Crippen LogP contribution in [0.4, 0.5) is 0 Å². The quantitative estimate of drug-likeness (QED) is 0.287. The van der Waals surface area contributed by atoms with Crippen molar-refractivity contribution in [3.63, 3.8) is 0 Å². The zero-order valence-electron chi connectivity index (χ0n) is 17.6. The maximum absolute atomic E-state index is 4.06. The molecule has 0 bridgehead atoms. The number of hydrogen-bond donors (Lipinski definition) is 0. The van der Waals surface area contributed by atoms with Gasteiger partial charge in [0.2, 0.25) is 0 Å². The molecule has 0 radical (unpaired) electrons. The summed E-state index contributed by atoms with van der Waals surface area (Å²) in [6.07, 6.45) is 16.8. The van der Waals surface area contributed by atoms with Crippen LogP contribution >= 0.6 is 15.9 Å². The van der Waals surface area contributed by atoms with Crippen molar-refractivity contribution in [2.45, 2.75) is 120 Å². The molecule has 3 aliphatic carbocycles. The molecule has 0 amide bonds. The molecule has 0 saturated heterocycles. The molecule has 0 aromatic heterocycles. The molecule has 0 spiro atoms. The van der Waals surface area contributed by atoms with E-state index in [4.69, 9.17) is 0 Å². The van der Waals surface area contributed by atoms with Gasteiger partial charge in [0.1, 0.15) is 0 Å². The van der Waals surface area contributed by atoms with Crippen molar-refractivity contribution in [2.24, 2.45) is 17.8 Å². The average molecular weight is 444 g/mol. The molecule has 0 aromatic carbocycles. The molecule has 0 nitrogen and oxygen atoms in total. The highest BCUT2D eigenvalue weighted by atomic mass is 79.9. The first kappa shape index (κ1) is 20.6. The van der Waals surface area contributed by atoms with E-state index in [1.807, 2.05) is 0 Å². The lowest BCUT2D eigenvalue weighted by atomic mass is 9.81. The molecule has 6 atom stereocenters. The van der Waals surface area contributed by atoms with Crippen LogP contribution in [0, 0.1) is 17.8 Å². The Morgan fingerprint density at radius 2 is 1.60 bits per heavy atom. The van der Waals surface area contributed by atoms with Crippen LogP contribution in [0.1, 0.15) is 77.6 Å². The van der Waals surface area contributed by atoms with Gasteiger partial charge in [0, 0.05) is 20.0 Å². The summed E-state index contributed by atoms with van der Waals surface area (Å²) in [5.41, 5.74) is 2.30. The summed E-state index contributed by atoms with van der Waals surface area (Å²) < 4.78 is 0. The Bertz CT molecular complexity index is 447. The topological polar surface area (TPSA) is 0 Å². The van der Waals surface area contributed by atoms with Gasteiger partial charge in [-0.2, -0.15) is 0 Å². The van der Waals surface area contributed by atoms with Crippen LogP contribution in [-0.2, 0) is 0 Å². The van der Waals surface area contributed by atoms with E-state index >= 15 is 0 Å². The van der Waals surface area contributed by atoms with E-state index in [2.05, 4.69) is 49.0 Å². The third kappa shape index (κ3) is 3.90. The SMILES string of the molecule is CCCCC1CCC([Si](C)(C)[Si](C)(C)C2CCC3C(Br)CCCC32)C1. The fourth-order valence-electron chi connectivity index (χ4n) is 7.11. The van der Waals surface area contributed by atoms with Gasteiger partial charge in [-0.05, 0) is 41.7 Å². The van der Waals surface area contributed by atoms with E-state index < -0.39 is 15.2 Å². The molecule has 3 fully saturated rings. The van der Waals surface area contributed by atoms with Crippen molar-refractivity contribution in [2.75, 3.05) is 0 Å². The summed E-state index contributed by atoms with van der Waals surface area (Å²) in [5.74, 6) is 3.19. The monoisotopic (exact) mass is 442 g/mol. The molecule has 3 heteroatoms. The fraction of sp³-hybridized carbons (Fsp3) is 1.00. The fourth-order valence-corrected chi connectivity index (χ4v) is 22.2. The standard InChI is InChI=1S/C22H43BrSi2/c1-6-7-9-17-12-13-18(16-17)24(2,3)25(4,5)22-15-14-19-20(22)10-8-11-21(19)23/h17-22H,6-16H2,1-5H3. The lowest BCUT2D eigenvalue weighted by Gasteiger charge is -2.50. The second-order valence-electron chi connectivity index (χ2n) is 10.9. The average Bonchev–Trinajstić information content (AvgIpc) is 3.20. The lowest BCUT2D eigenvalue weighted by Crippen LogP contribution is -2.61. The van der Waals surface area contributed by atoms with E-state index in [0.29, 0.717) is 0 Å². The van der Waals surface area contributed by atoms with E-state index in [0.717, 1.165) is 33.7 Å². The molecule has 6 unspecified atom stereocenters. The molecule has 0 N–H and O–H groups in total.